The Kier molecular flexibility index (Phi) is 6.81. The molecule has 2 aromatic heterocycles. The average Bonchev–Trinajstić information content (AvgIpc) is 3.40. The van der Waals surface area contributed by atoms with Gasteiger partial charge in [-0.3, -0.25) is 4.79 Å². The van der Waals surface area contributed by atoms with Gasteiger partial charge in [0.2, 0.25) is 6.79 Å². The van der Waals surface area contributed by atoms with Crippen molar-refractivity contribution < 1.29 is 28.6 Å². The lowest BCUT2D eigenvalue weighted by Crippen LogP contribution is -2.35. The van der Waals surface area contributed by atoms with E-state index in [9.17, 15) is 9.90 Å². The van der Waals surface area contributed by atoms with Crippen LogP contribution < -0.4 is 19.5 Å². The van der Waals surface area contributed by atoms with E-state index < -0.39 is 6.10 Å². The second-order valence-corrected chi connectivity index (χ2v) is 8.10. The van der Waals surface area contributed by atoms with Gasteiger partial charge < -0.3 is 29.2 Å². The molecule has 1 unspecified atom stereocenters. The van der Waals surface area contributed by atoms with Crippen LogP contribution in [0.3, 0.4) is 0 Å². The molecule has 4 rings (SSSR count). The van der Waals surface area contributed by atoms with Crippen molar-refractivity contribution in [3.05, 3.63) is 59.1 Å². The van der Waals surface area contributed by atoms with Gasteiger partial charge in [-0.2, -0.15) is 0 Å². The maximum absolute atomic E-state index is 12.7. The number of aliphatic hydroxyl groups is 1. The fraction of sp³-hybridized carbons (Fsp3) is 0.318. The Morgan fingerprint density at radius 1 is 1.28 bits per heavy atom. The smallest absolute Gasteiger partial charge is 0.254 e. The first-order valence-electron chi connectivity index (χ1n) is 9.99. The Balaban J connectivity index is 1.29. The standard InChI is InChI=1S/C22H23N3O6S/c1-13-18(14(2)31-25-13)11-32-22-17(4-3-7-23-22)21(27)24-9-15(26)10-28-16-5-6-19-20(8-16)30-12-29-19/h3-8,15,26H,9-12H2,1-2H3,(H,24,27). The van der Waals surface area contributed by atoms with Gasteiger partial charge in [-0.15, -0.1) is 11.8 Å². The van der Waals surface area contributed by atoms with Crippen molar-refractivity contribution in [1.82, 2.24) is 15.5 Å². The van der Waals surface area contributed by atoms with Crippen molar-refractivity contribution in [3.63, 3.8) is 0 Å². The number of thioether (sulfide) groups is 1. The lowest BCUT2D eigenvalue weighted by molar-refractivity contribution is 0.0840. The third-order valence-corrected chi connectivity index (χ3v) is 5.87. The highest BCUT2D eigenvalue weighted by atomic mass is 32.2. The Hall–Kier alpha value is -3.24. The van der Waals surface area contributed by atoms with Crippen molar-refractivity contribution in [2.75, 3.05) is 19.9 Å². The summed E-state index contributed by atoms with van der Waals surface area (Å²) < 4.78 is 21.3. The minimum Gasteiger partial charge on any atom is -0.491 e. The van der Waals surface area contributed by atoms with Crippen LogP contribution in [-0.2, 0) is 5.75 Å². The largest absolute Gasteiger partial charge is 0.491 e. The van der Waals surface area contributed by atoms with E-state index in [0.717, 1.165) is 17.0 Å². The van der Waals surface area contributed by atoms with Crippen molar-refractivity contribution >= 4 is 17.7 Å². The number of ether oxygens (including phenoxy) is 3. The van der Waals surface area contributed by atoms with Crippen LogP contribution in [0.15, 0.2) is 46.1 Å². The second kappa shape index (κ2) is 9.92. The fourth-order valence-corrected chi connectivity index (χ4v) is 4.20. The van der Waals surface area contributed by atoms with Gasteiger partial charge in [0, 0.05) is 30.1 Å². The summed E-state index contributed by atoms with van der Waals surface area (Å²) in [6.07, 6.45) is 0.750. The Morgan fingerprint density at radius 2 is 2.12 bits per heavy atom. The molecule has 0 radical (unpaired) electrons. The molecule has 0 bridgehead atoms. The number of carbonyl (C=O) groups is 1. The number of pyridine rings is 1. The SMILES string of the molecule is Cc1noc(C)c1CSc1ncccc1C(=O)NCC(O)COc1ccc2c(c1)OCO2. The van der Waals surface area contributed by atoms with Gasteiger partial charge in [0.25, 0.3) is 5.91 Å². The summed E-state index contributed by atoms with van der Waals surface area (Å²) in [6.45, 7) is 3.97. The van der Waals surface area contributed by atoms with Crippen molar-refractivity contribution in [2.24, 2.45) is 0 Å². The van der Waals surface area contributed by atoms with E-state index in [4.69, 9.17) is 18.7 Å². The molecule has 168 valence electrons. The molecule has 10 heteroatoms. The van der Waals surface area contributed by atoms with Crippen molar-refractivity contribution in [1.29, 1.82) is 0 Å². The van der Waals surface area contributed by atoms with E-state index in [1.54, 1.807) is 36.5 Å². The highest BCUT2D eigenvalue weighted by molar-refractivity contribution is 7.98. The molecule has 0 saturated heterocycles. The lowest BCUT2D eigenvalue weighted by Gasteiger charge is -2.14. The number of hydrogen-bond acceptors (Lipinski definition) is 9. The minimum atomic E-state index is -0.889. The molecular weight excluding hydrogens is 434 g/mol. The number of fused-ring (bicyclic) bond motifs is 1. The van der Waals surface area contributed by atoms with Crippen molar-refractivity contribution in [2.45, 2.75) is 30.7 Å². The first kappa shape index (κ1) is 22.0. The number of benzene rings is 1. The third kappa shape index (κ3) is 5.14. The van der Waals surface area contributed by atoms with E-state index in [2.05, 4.69) is 15.5 Å². The number of carbonyl (C=O) groups excluding carboxylic acids is 1. The Morgan fingerprint density at radius 3 is 2.94 bits per heavy atom. The molecule has 2 N–H and O–H groups in total. The maximum atomic E-state index is 12.7. The van der Waals surface area contributed by atoms with E-state index in [1.807, 2.05) is 13.8 Å². The number of nitrogens with one attached hydrogen (secondary N) is 1. The summed E-state index contributed by atoms with van der Waals surface area (Å²) in [6, 6.07) is 8.58. The monoisotopic (exact) mass is 457 g/mol. The van der Waals surface area contributed by atoms with Crippen LogP contribution in [0.25, 0.3) is 0 Å². The van der Waals surface area contributed by atoms with E-state index >= 15 is 0 Å². The molecule has 0 spiro atoms. The fourth-order valence-electron chi connectivity index (χ4n) is 3.05. The van der Waals surface area contributed by atoms with Crippen LogP contribution in [0, 0.1) is 13.8 Å². The van der Waals surface area contributed by atoms with Crippen LogP contribution in [0.5, 0.6) is 17.2 Å². The average molecular weight is 458 g/mol. The molecule has 0 aliphatic carbocycles. The predicted molar refractivity (Wildman–Crippen MR) is 116 cm³/mol. The zero-order chi connectivity index (χ0) is 22.5. The topological polar surface area (TPSA) is 116 Å². The van der Waals surface area contributed by atoms with Crippen LogP contribution in [0.2, 0.25) is 0 Å². The molecule has 1 amide bonds. The summed E-state index contributed by atoms with van der Waals surface area (Å²) >= 11 is 1.43. The van der Waals surface area contributed by atoms with Crippen LogP contribution in [0.4, 0.5) is 0 Å². The molecule has 1 aliphatic rings. The zero-order valence-corrected chi connectivity index (χ0v) is 18.5. The molecule has 1 aliphatic heterocycles. The summed E-state index contributed by atoms with van der Waals surface area (Å²) in [5, 5.41) is 17.5. The van der Waals surface area contributed by atoms with Gasteiger partial charge in [-0.25, -0.2) is 4.98 Å². The van der Waals surface area contributed by atoms with Gasteiger partial charge in [-0.05, 0) is 38.1 Å². The summed E-state index contributed by atoms with van der Waals surface area (Å²) in [5.74, 6) is 2.83. The second-order valence-electron chi connectivity index (χ2n) is 7.14. The number of amides is 1. The number of hydrogen-bond donors (Lipinski definition) is 2. The predicted octanol–water partition coefficient (Wildman–Crippen LogP) is 2.88. The number of aliphatic hydroxyl groups excluding tert-OH is 1. The number of aromatic nitrogens is 2. The van der Waals surface area contributed by atoms with Gasteiger partial charge in [0.1, 0.15) is 29.2 Å². The lowest BCUT2D eigenvalue weighted by atomic mass is 10.2. The molecule has 1 aromatic carbocycles. The number of rotatable bonds is 9. The van der Waals surface area contributed by atoms with E-state index in [-0.39, 0.29) is 25.9 Å². The first-order chi connectivity index (χ1) is 15.5. The van der Waals surface area contributed by atoms with Crippen molar-refractivity contribution in [3.8, 4) is 17.2 Å². The first-order valence-corrected chi connectivity index (χ1v) is 11.0. The van der Waals surface area contributed by atoms with Gasteiger partial charge in [0.15, 0.2) is 11.5 Å². The van der Waals surface area contributed by atoms with E-state index in [1.165, 1.54) is 11.8 Å². The maximum Gasteiger partial charge on any atom is 0.254 e. The van der Waals surface area contributed by atoms with Crippen LogP contribution in [0.1, 0.15) is 27.4 Å². The summed E-state index contributed by atoms with van der Waals surface area (Å²) in [5.41, 5.74) is 2.25. The Bertz CT molecular complexity index is 1080. The zero-order valence-electron chi connectivity index (χ0n) is 17.7. The van der Waals surface area contributed by atoms with Crippen LogP contribution in [-0.4, -0.2) is 47.2 Å². The Labute approximate surface area is 189 Å². The van der Waals surface area contributed by atoms with E-state index in [0.29, 0.717) is 33.6 Å². The highest BCUT2D eigenvalue weighted by Crippen LogP contribution is 2.35. The van der Waals surface area contributed by atoms with Gasteiger partial charge in [0.05, 0.1) is 11.3 Å². The molecular formula is C22H23N3O6S. The molecule has 1 atom stereocenters. The third-order valence-electron chi connectivity index (χ3n) is 4.83. The number of nitrogens with zero attached hydrogens (tertiary/aromatic N) is 2. The minimum absolute atomic E-state index is 0.0145. The summed E-state index contributed by atoms with van der Waals surface area (Å²) in [4.78, 5) is 17.0. The molecule has 3 heterocycles. The molecule has 3 aromatic rings. The normalized spacial score (nSPS) is 13.1. The molecule has 0 saturated carbocycles. The summed E-state index contributed by atoms with van der Waals surface area (Å²) in [7, 11) is 0. The molecule has 32 heavy (non-hydrogen) atoms. The molecule has 0 fully saturated rings. The van der Waals surface area contributed by atoms with Gasteiger partial charge >= 0.3 is 0 Å². The quantitative estimate of drug-likeness (QED) is 0.468. The highest BCUT2D eigenvalue weighted by Gasteiger charge is 2.17. The number of aryl methyl sites for hydroxylation is 2. The van der Waals surface area contributed by atoms with Gasteiger partial charge in [-0.1, -0.05) is 5.16 Å². The molecule has 9 nitrogen and oxygen atoms in total. The van der Waals surface area contributed by atoms with Crippen LogP contribution >= 0.6 is 11.8 Å².